The van der Waals surface area contributed by atoms with Crippen LogP contribution in [0, 0.1) is 0 Å². The second-order valence-corrected chi connectivity index (χ2v) is 5.15. The van der Waals surface area contributed by atoms with Gasteiger partial charge in [0, 0.05) is 17.7 Å². The predicted octanol–water partition coefficient (Wildman–Crippen LogP) is 3.32. The van der Waals surface area contributed by atoms with Crippen molar-refractivity contribution in [3.05, 3.63) is 72.8 Å². The first kappa shape index (κ1) is 15.4. The molecule has 2 heterocycles. The molecule has 0 amide bonds. The minimum absolute atomic E-state index is 0.522. The molecule has 24 heavy (non-hydrogen) atoms. The van der Waals surface area contributed by atoms with Crippen molar-refractivity contribution in [2.45, 2.75) is 0 Å². The molecule has 0 aliphatic carbocycles. The van der Waals surface area contributed by atoms with E-state index in [0.717, 1.165) is 22.5 Å². The molecule has 0 spiro atoms. The van der Waals surface area contributed by atoms with Gasteiger partial charge in [0.05, 0.1) is 11.4 Å². The average molecular weight is 318 g/mol. The van der Waals surface area contributed by atoms with E-state index in [-0.39, 0.29) is 0 Å². The molecule has 6 nitrogen and oxygen atoms in total. The average Bonchev–Trinajstić information content (AvgIpc) is 3.26. The van der Waals surface area contributed by atoms with Gasteiger partial charge in [-0.1, -0.05) is 60.7 Å². The predicted molar refractivity (Wildman–Crippen MR) is 96.9 cm³/mol. The van der Waals surface area contributed by atoms with E-state index in [9.17, 15) is 0 Å². The molecule has 0 radical (unpaired) electrons. The smallest absolute Gasteiger partial charge is 0.145 e. The summed E-state index contributed by atoms with van der Waals surface area (Å²) in [7, 11) is 0. The highest BCUT2D eigenvalue weighted by Crippen LogP contribution is 2.17. The summed E-state index contributed by atoms with van der Waals surface area (Å²) in [6.07, 6.45) is 0. The molecule has 120 valence electrons. The van der Waals surface area contributed by atoms with Gasteiger partial charge in [0.25, 0.3) is 0 Å². The van der Waals surface area contributed by atoms with Crippen LogP contribution in [-0.2, 0) is 0 Å². The molecule has 2 aromatic carbocycles. The SMILES string of the molecule is Nc1cc(-c2ccccc2)[nH]n1.Nc1cc(-c2ccccc2)n[nH]1. The Morgan fingerprint density at radius 3 is 1.79 bits per heavy atom. The standard InChI is InChI=1S/2C9H9N3/c2*10-9-6-8(11-12-9)7-4-2-1-3-5-7/h2*1-6H,(H3,10,11,12). The second kappa shape index (κ2) is 7.15. The monoisotopic (exact) mass is 318 g/mol. The highest BCUT2D eigenvalue weighted by molar-refractivity contribution is 5.62. The lowest BCUT2D eigenvalue weighted by Gasteiger charge is -1.93. The molecule has 0 bridgehead atoms. The fourth-order valence-electron chi connectivity index (χ4n) is 2.20. The Labute approximate surface area is 139 Å². The fraction of sp³-hybridized carbons (Fsp3) is 0. The number of hydrogen-bond acceptors (Lipinski definition) is 4. The number of aromatic nitrogens is 4. The van der Waals surface area contributed by atoms with Gasteiger partial charge in [0.2, 0.25) is 0 Å². The first-order valence-corrected chi connectivity index (χ1v) is 7.45. The van der Waals surface area contributed by atoms with Gasteiger partial charge in [-0.2, -0.15) is 10.2 Å². The second-order valence-electron chi connectivity index (χ2n) is 5.15. The van der Waals surface area contributed by atoms with Crippen molar-refractivity contribution in [3.8, 4) is 22.5 Å². The van der Waals surface area contributed by atoms with Crippen LogP contribution < -0.4 is 11.5 Å². The number of benzene rings is 2. The molecule has 0 saturated carbocycles. The van der Waals surface area contributed by atoms with Gasteiger partial charge in [-0.15, -0.1) is 0 Å². The zero-order valence-electron chi connectivity index (χ0n) is 13.0. The van der Waals surface area contributed by atoms with Gasteiger partial charge >= 0.3 is 0 Å². The minimum atomic E-state index is 0.522. The number of nitrogens with two attached hydrogens (primary N) is 2. The molecule has 4 rings (SSSR count). The molecule has 0 unspecified atom stereocenters. The van der Waals surface area contributed by atoms with E-state index in [1.807, 2.05) is 72.8 Å². The van der Waals surface area contributed by atoms with Gasteiger partial charge in [0.1, 0.15) is 11.6 Å². The number of H-pyrrole nitrogens is 2. The van der Waals surface area contributed by atoms with E-state index in [4.69, 9.17) is 11.5 Å². The van der Waals surface area contributed by atoms with Crippen LogP contribution in [0.3, 0.4) is 0 Å². The van der Waals surface area contributed by atoms with E-state index < -0.39 is 0 Å². The number of nitrogens with one attached hydrogen (secondary N) is 2. The summed E-state index contributed by atoms with van der Waals surface area (Å²) >= 11 is 0. The van der Waals surface area contributed by atoms with Crippen molar-refractivity contribution >= 4 is 11.6 Å². The Bertz CT molecular complexity index is 804. The fourth-order valence-corrected chi connectivity index (χ4v) is 2.20. The molecule has 0 aliphatic rings. The van der Waals surface area contributed by atoms with Crippen LogP contribution in [0.5, 0.6) is 0 Å². The van der Waals surface area contributed by atoms with E-state index >= 15 is 0 Å². The normalized spacial score (nSPS) is 10.0. The number of anilines is 2. The van der Waals surface area contributed by atoms with Crippen LogP contribution in [0.2, 0.25) is 0 Å². The Hall–Kier alpha value is -3.54. The van der Waals surface area contributed by atoms with Crippen molar-refractivity contribution in [2.24, 2.45) is 0 Å². The van der Waals surface area contributed by atoms with Crippen LogP contribution in [-0.4, -0.2) is 20.4 Å². The van der Waals surface area contributed by atoms with Crippen molar-refractivity contribution < 1.29 is 0 Å². The van der Waals surface area contributed by atoms with Crippen molar-refractivity contribution in [3.63, 3.8) is 0 Å². The lowest BCUT2D eigenvalue weighted by molar-refractivity contribution is 1.10. The Morgan fingerprint density at radius 1 is 0.667 bits per heavy atom. The Morgan fingerprint density at radius 2 is 1.29 bits per heavy atom. The topological polar surface area (TPSA) is 109 Å². The molecule has 0 saturated heterocycles. The van der Waals surface area contributed by atoms with Crippen LogP contribution >= 0.6 is 0 Å². The lowest BCUT2D eigenvalue weighted by atomic mass is 10.2. The third-order valence-electron chi connectivity index (χ3n) is 3.35. The van der Waals surface area contributed by atoms with Crippen molar-refractivity contribution in [1.29, 1.82) is 0 Å². The third-order valence-corrected chi connectivity index (χ3v) is 3.35. The zero-order chi connectivity index (χ0) is 16.8. The highest BCUT2D eigenvalue weighted by Gasteiger charge is 1.99. The maximum Gasteiger partial charge on any atom is 0.145 e. The van der Waals surface area contributed by atoms with Gasteiger partial charge in [-0.25, -0.2) is 0 Å². The maximum absolute atomic E-state index is 5.50. The molecule has 4 aromatic rings. The zero-order valence-corrected chi connectivity index (χ0v) is 13.0. The molecule has 0 aliphatic heterocycles. The molecular weight excluding hydrogens is 300 g/mol. The first-order valence-electron chi connectivity index (χ1n) is 7.45. The van der Waals surface area contributed by atoms with Gasteiger partial charge < -0.3 is 11.5 Å². The van der Waals surface area contributed by atoms with Crippen LogP contribution in [0.15, 0.2) is 72.8 Å². The van der Waals surface area contributed by atoms with Crippen LogP contribution in [0.4, 0.5) is 11.6 Å². The maximum atomic E-state index is 5.50. The van der Waals surface area contributed by atoms with E-state index in [1.165, 1.54) is 0 Å². The molecule has 6 heteroatoms. The van der Waals surface area contributed by atoms with Crippen molar-refractivity contribution in [1.82, 2.24) is 20.4 Å². The summed E-state index contributed by atoms with van der Waals surface area (Å²) in [5.41, 5.74) is 15.0. The van der Waals surface area contributed by atoms with Gasteiger partial charge in [-0.05, 0) is 5.56 Å². The van der Waals surface area contributed by atoms with Crippen LogP contribution in [0.25, 0.3) is 22.5 Å². The summed E-state index contributed by atoms with van der Waals surface area (Å²) in [5, 5.41) is 13.4. The third kappa shape index (κ3) is 3.80. The van der Waals surface area contributed by atoms with Crippen LogP contribution in [0.1, 0.15) is 0 Å². The van der Waals surface area contributed by atoms with E-state index in [2.05, 4.69) is 20.4 Å². The Balaban J connectivity index is 0.000000141. The largest absolute Gasteiger partial charge is 0.384 e. The molecular formula is C18H18N6. The summed E-state index contributed by atoms with van der Waals surface area (Å²) in [5.74, 6) is 1.11. The number of nitrogen functional groups attached to an aromatic ring is 2. The molecule has 6 N–H and O–H groups in total. The van der Waals surface area contributed by atoms with Gasteiger partial charge in [0.15, 0.2) is 0 Å². The number of rotatable bonds is 2. The highest BCUT2D eigenvalue weighted by atomic mass is 15.2. The Kier molecular flexibility index (Phi) is 4.57. The summed E-state index contributed by atoms with van der Waals surface area (Å²) in [6, 6.07) is 23.5. The summed E-state index contributed by atoms with van der Waals surface area (Å²) in [4.78, 5) is 0. The first-order chi connectivity index (χ1) is 11.7. The summed E-state index contributed by atoms with van der Waals surface area (Å²) in [6.45, 7) is 0. The quantitative estimate of drug-likeness (QED) is 0.454. The van der Waals surface area contributed by atoms with Crippen molar-refractivity contribution in [2.75, 3.05) is 11.5 Å². The number of aromatic amines is 2. The van der Waals surface area contributed by atoms with E-state index in [0.29, 0.717) is 11.6 Å². The van der Waals surface area contributed by atoms with E-state index in [1.54, 1.807) is 0 Å². The lowest BCUT2D eigenvalue weighted by Crippen LogP contribution is -1.81. The molecule has 2 aromatic heterocycles. The molecule has 0 atom stereocenters. The number of nitrogens with zero attached hydrogens (tertiary/aromatic N) is 2. The minimum Gasteiger partial charge on any atom is -0.384 e. The number of hydrogen-bond donors (Lipinski definition) is 4. The molecule has 0 fully saturated rings. The summed E-state index contributed by atoms with van der Waals surface area (Å²) < 4.78 is 0. The van der Waals surface area contributed by atoms with Gasteiger partial charge in [-0.3, -0.25) is 10.2 Å².